The Hall–Kier alpha value is -0.380. The third-order valence-electron chi connectivity index (χ3n) is 3.30. The molecule has 0 spiro atoms. The van der Waals surface area contributed by atoms with E-state index in [1.165, 1.54) is 28.2 Å². The highest BCUT2D eigenvalue weighted by molar-refractivity contribution is 7.12. The minimum atomic E-state index is 0.343. The predicted octanol–water partition coefficient (Wildman–Crippen LogP) is 3.56. The van der Waals surface area contributed by atoms with Crippen LogP contribution < -0.4 is 5.32 Å². The quantitative estimate of drug-likeness (QED) is 0.729. The molecule has 1 rings (SSSR count). The molecule has 1 aromatic rings. The van der Waals surface area contributed by atoms with Gasteiger partial charge < -0.3 is 10.1 Å². The average Bonchev–Trinajstić information content (AvgIpc) is 2.61. The van der Waals surface area contributed by atoms with Gasteiger partial charge in [-0.2, -0.15) is 0 Å². The Morgan fingerprint density at radius 2 is 2.06 bits per heavy atom. The molecule has 0 aliphatic heterocycles. The first-order valence-electron chi connectivity index (χ1n) is 6.70. The lowest BCUT2D eigenvalue weighted by Crippen LogP contribution is -2.31. The maximum Gasteiger partial charge on any atom is 0.0587 e. The van der Waals surface area contributed by atoms with Crippen molar-refractivity contribution in [1.29, 1.82) is 0 Å². The van der Waals surface area contributed by atoms with Crippen LogP contribution >= 0.6 is 11.3 Å². The highest BCUT2D eigenvalue weighted by atomic mass is 32.1. The summed E-state index contributed by atoms with van der Waals surface area (Å²) >= 11 is 1.91. The zero-order chi connectivity index (χ0) is 13.6. The summed E-state index contributed by atoms with van der Waals surface area (Å²) in [5.41, 5.74) is 1.87. The van der Waals surface area contributed by atoms with Crippen LogP contribution in [0.4, 0.5) is 0 Å². The molecule has 1 heterocycles. The van der Waals surface area contributed by atoms with Gasteiger partial charge in [0, 0.05) is 30.0 Å². The maximum atomic E-state index is 5.04. The normalized spacial score (nSPS) is 12.1. The molecule has 0 aromatic carbocycles. The van der Waals surface area contributed by atoms with Crippen molar-refractivity contribution < 1.29 is 4.74 Å². The number of rotatable bonds is 8. The Bertz CT molecular complexity index is 357. The van der Waals surface area contributed by atoms with Crippen molar-refractivity contribution in [1.82, 2.24) is 5.32 Å². The molecule has 2 nitrogen and oxygen atoms in total. The Morgan fingerprint density at radius 1 is 1.33 bits per heavy atom. The van der Waals surface area contributed by atoms with Crippen molar-refractivity contribution in [2.24, 2.45) is 5.41 Å². The minimum absolute atomic E-state index is 0.343. The first-order chi connectivity index (χ1) is 8.44. The van der Waals surface area contributed by atoms with Crippen molar-refractivity contribution in [2.75, 3.05) is 26.8 Å². The number of hydrogen-bond donors (Lipinski definition) is 1. The van der Waals surface area contributed by atoms with E-state index in [0.29, 0.717) is 5.41 Å². The molecule has 0 unspecified atom stereocenters. The van der Waals surface area contributed by atoms with Crippen LogP contribution in [-0.4, -0.2) is 26.8 Å². The fraction of sp³-hybridized carbons (Fsp3) is 0.733. The van der Waals surface area contributed by atoms with E-state index in [4.69, 9.17) is 4.74 Å². The van der Waals surface area contributed by atoms with Crippen molar-refractivity contribution in [2.45, 2.75) is 40.5 Å². The highest BCUT2D eigenvalue weighted by Crippen LogP contribution is 2.27. The molecule has 0 amide bonds. The molecule has 0 bridgehead atoms. The van der Waals surface area contributed by atoms with Gasteiger partial charge in [0.05, 0.1) is 6.61 Å². The van der Waals surface area contributed by atoms with Crippen LogP contribution in [0.5, 0.6) is 0 Å². The molecule has 0 radical (unpaired) electrons. The Morgan fingerprint density at radius 3 is 2.61 bits per heavy atom. The molecule has 0 saturated carbocycles. The molecule has 3 heteroatoms. The largest absolute Gasteiger partial charge is 0.383 e. The lowest BCUT2D eigenvalue weighted by molar-refractivity contribution is 0.193. The van der Waals surface area contributed by atoms with Crippen molar-refractivity contribution in [3.63, 3.8) is 0 Å². The second-order valence-electron chi connectivity index (χ2n) is 5.77. The first-order valence-corrected chi connectivity index (χ1v) is 7.52. The SMILES string of the molecule is COCCNCC(C)(C)CCc1cc(C)sc1C. The molecule has 0 aliphatic rings. The lowest BCUT2D eigenvalue weighted by atomic mass is 9.86. The van der Waals surface area contributed by atoms with Gasteiger partial charge in [0.25, 0.3) is 0 Å². The van der Waals surface area contributed by atoms with E-state index in [1.54, 1.807) is 7.11 Å². The van der Waals surface area contributed by atoms with E-state index in [0.717, 1.165) is 19.7 Å². The van der Waals surface area contributed by atoms with Crippen LogP contribution in [0.25, 0.3) is 0 Å². The molecule has 0 aliphatic carbocycles. The van der Waals surface area contributed by atoms with Gasteiger partial charge in [-0.25, -0.2) is 0 Å². The summed E-state index contributed by atoms with van der Waals surface area (Å²) in [6.07, 6.45) is 2.42. The minimum Gasteiger partial charge on any atom is -0.383 e. The van der Waals surface area contributed by atoms with Gasteiger partial charge in [-0.05, 0) is 43.7 Å². The summed E-state index contributed by atoms with van der Waals surface area (Å²) < 4.78 is 5.04. The monoisotopic (exact) mass is 269 g/mol. The third kappa shape index (κ3) is 5.51. The lowest BCUT2D eigenvalue weighted by Gasteiger charge is -2.25. The van der Waals surface area contributed by atoms with Crippen molar-refractivity contribution >= 4 is 11.3 Å². The van der Waals surface area contributed by atoms with Crippen LogP contribution in [0, 0.1) is 19.3 Å². The summed E-state index contributed by atoms with van der Waals surface area (Å²) in [6.45, 7) is 11.9. The molecule has 18 heavy (non-hydrogen) atoms. The number of aryl methyl sites for hydroxylation is 3. The van der Waals surface area contributed by atoms with Crippen LogP contribution in [-0.2, 0) is 11.2 Å². The van der Waals surface area contributed by atoms with Crippen LogP contribution in [0.1, 0.15) is 35.6 Å². The molecule has 0 saturated heterocycles. The van der Waals surface area contributed by atoms with Gasteiger partial charge in [0.15, 0.2) is 0 Å². The van der Waals surface area contributed by atoms with Crippen molar-refractivity contribution in [3.8, 4) is 0 Å². The van der Waals surface area contributed by atoms with E-state index in [1.807, 2.05) is 11.3 Å². The van der Waals surface area contributed by atoms with Gasteiger partial charge in [0.2, 0.25) is 0 Å². The molecule has 0 atom stereocenters. The standard InChI is InChI=1S/C15H27NOS/c1-12-10-14(13(2)18-12)6-7-15(3,4)11-16-8-9-17-5/h10,16H,6-9,11H2,1-5H3. The van der Waals surface area contributed by atoms with E-state index >= 15 is 0 Å². The summed E-state index contributed by atoms with van der Waals surface area (Å²) in [4.78, 5) is 2.91. The number of ether oxygens (including phenoxy) is 1. The first kappa shape index (κ1) is 15.7. The number of nitrogens with one attached hydrogen (secondary N) is 1. The Balaban J connectivity index is 2.34. The maximum absolute atomic E-state index is 5.04. The smallest absolute Gasteiger partial charge is 0.0587 e. The Kier molecular flexibility index (Phi) is 6.33. The molecular formula is C15H27NOS. The van der Waals surface area contributed by atoms with Gasteiger partial charge in [-0.1, -0.05) is 13.8 Å². The van der Waals surface area contributed by atoms with Gasteiger partial charge >= 0.3 is 0 Å². The highest BCUT2D eigenvalue weighted by Gasteiger charge is 2.18. The fourth-order valence-corrected chi connectivity index (χ4v) is 3.07. The summed E-state index contributed by atoms with van der Waals surface area (Å²) in [7, 11) is 1.74. The van der Waals surface area contributed by atoms with E-state index in [2.05, 4.69) is 39.1 Å². The molecular weight excluding hydrogens is 242 g/mol. The second-order valence-corrected chi connectivity index (χ2v) is 7.23. The van der Waals surface area contributed by atoms with Crippen molar-refractivity contribution in [3.05, 3.63) is 21.4 Å². The van der Waals surface area contributed by atoms with Crippen LogP contribution in [0.15, 0.2) is 6.07 Å². The zero-order valence-corrected chi connectivity index (χ0v) is 13.2. The molecule has 104 valence electrons. The summed E-state index contributed by atoms with van der Waals surface area (Å²) in [6, 6.07) is 2.34. The fourth-order valence-electron chi connectivity index (χ4n) is 2.09. The zero-order valence-electron chi connectivity index (χ0n) is 12.4. The number of hydrogen-bond acceptors (Lipinski definition) is 3. The number of thiophene rings is 1. The van der Waals surface area contributed by atoms with Gasteiger partial charge in [-0.3, -0.25) is 0 Å². The van der Waals surface area contributed by atoms with Crippen LogP contribution in [0.2, 0.25) is 0 Å². The van der Waals surface area contributed by atoms with E-state index in [-0.39, 0.29) is 0 Å². The summed E-state index contributed by atoms with van der Waals surface area (Å²) in [5.74, 6) is 0. The average molecular weight is 269 g/mol. The number of methoxy groups -OCH3 is 1. The molecule has 0 fully saturated rings. The third-order valence-corrected chi connectivity index (χ3v) is 4.31. The van der Waals surface area contributed by atoms with Crippen LogP contribution in [0.3, 0.4) is 0 Å². The second kappa shape index (κ2) is 7.27. The predicted molar refractivity (Wildman–Crippen MR) is 80.6 cm³/mol. The molecule has 1 N–H and O–H groups in total. The topological polar surface area (TPSA) is 21.3 Å². The van der Waals surface area contributed by atoms with Gasteiger partial charge in [0.1, 0.15) is 0 Å². The Labute approximate surface area is 116 Å². The van der Waals surface area contributed by atoms with Gasteiger partial charge in [-0.15, -0.1) is 11.3 Å². The van der Waals surface area contributed by atoms with E-state index in [9.17, 15) is 0 Å². The van der Waals surface area contributed by atoms with E-state index < -0.39 is 0 Å². The summed E-state index contributed by atoms with van der Waals surface area (Å²) in [5, 5.41) is 3.46. The molecule has 1 aromatic heterocycles.